The lowest BCUT2D eigenvalue weighted by atomic mass is 9.85. The fraction of sp³-hybridized carbons (Fsp3) is 0.0667. The summed E-state index contributed by atoms with van der Waals surface area (Å²) in [7, 11) is 4.15. The molecule has 0 fully saturated rings. The summed E-state index contributed by atoms with van der Waals surface area (Å²) in [5.74, 6) is 0. The SMILES string of the molecule is CN(C)c1ccc(C(=C(c2ccccc2)c2ccccc2)c2c[nH]c3ccccc23)cc1. The Balaban J connectivity index is 1.87. The molecule has 0 atom stereocenters. The third-order valence-electron chi connectivity index (χ3n) is 5.91. The number of H-pyrrole nitrogens is 1. The van der Waals surface area contributed by atoms with Crippen LogP contribution in [0.2, 0.25) is 0 Å². The van der Waals surface area contributed by atoms with Gasteiger partial charge in [0.2, 0.25) is 0 Å². The van der Waals surface area contributed by atoms with Crippen LogP contribution in [0.1, 0.15) is 22.3 Å². The molecule has 156 valence electrons. The van der Waals surface area contributed by atoms with E-state index >= 15 is 0 Å². The minimum atomic E-state index is 1.14. The maximum Gasteiger partial charge on any atom is 0.0460 e. The van der Waals surface area contributed by atoms with Crippen LogP contribution < -0.4 is 4.90 Å². The van der Waals surface area contributed by atoms with Crippen molar-refractivity contribution in [3.63, 3.8) is 0 Å². The van der Waals surface area contributed by atoms with Gasteiger partial charge in [0.25, 0.3) is 0 Å². The van der Waals surface area contributed by atoms with Gasteiger partial charge in [-0.1, -0.05) is 91.0 Å². The van der Waals surface area contributed by atoms with E-state index in [1.807, 2.05) is 0 Å². The molecule has 5 aromatic rings. The minimum Gasteiger partial charge on any atom is -0.378 e. The van der Waals surface area contributed by atoms with Crippen LogP contribution in [0.4, 0.5) is 5.69 Å². The van der Waals surface area contributed by atoms with Crippen LogP contribution in [0.15, 0.2) is 115 Å². The molecule has 2 nitrogen and oxygen atoms in total. The molecule has 1 heterocycles. The summed E-state index contributed by atoms with van der Waals surface area (Å²) in [6, 6.07) is 38.8. The number of anilines is 1. The number of rotatable bonds is 5. The number of hydrogen-bond donors (Lipinski definition) is 1. The van der Waals surface area contributed by atoms with Crippen LogP contribution in [-0.4, -0.2) is 19.1 Å². The van der Waals surface area contributed by atoms with E-state index in [9.17, 15) is 0 Å². The van der Waals surface area contributed by atoms with Crippen LogP contribution in [0, 0.1) is 0 Å². The maximum atomic E-state index is 3.48. The van der Waals surface area contributed by atoms with Crippen molar-refractivity contribution < 1.29 is 0 Å². The first kappa shape index (κ1) is 19.9. The lowest BCUT2D eigenvalue weighted by Crippen LogP contribution is -2.08. The van der Waals surface area contributed by atoms with Crippen molar-refractivity contribution in [1.82, 2.24) is 4.98 Å². The van der Waals surface area contributed by atoms with E-state index in [2.05, 4.69) is 139 Å². The van der Waals surface area contributed by atoms with Crippen molar-refractivity contribution in [1.29, 1.82) is 0 Å². The smallest absolute Gasteiger partial charge is 0.0460 e. The number of para-hydroxylation sites is 1. The Hall–Kier alpha value is -4.04. The van der Waals surface area contributed by atoms with Crippen molar-refractivity contribution in [3.8, 4) is 0 Å². The number of fused-ring (bicyclic) bond motifs is 1. The largest absolute Gasteiger partial charge is 0.378 e. The third-order valence-corrected chi connectivity index (χ3v) is 5.91. The van der Waals surface area contributed by atoms with Crippen LogP contribution in [0.3, 0.4) is 0 Å². The summed E-state index contributed by atoms with van der Waals surface area (Å²) in [5, 5.41) is 1.23. The number of aromatic amines is 1. The lowest BCUT2D eigenvalue weighted by molar-refractivity contribution is 1.13. The Labute approximate surface area is 189 Å². The summed E-state index contributed by atoms with van der Waals surface area (Å²) >= 11 is 0. The maximum absolute atomic E-state index is 3.48. The van der Waals surface area contributed by atoms with E-state index in [1.54, 1.807) is 0 Å². The van der Waals surface area contributed by atoms with Gasteiger partial charge in [-0.3, -0.25) is 0 Å². The lowest BCUT2D eigenvalue weighted by Gasteiger charge is -2.19. The Morgan fingerprint density at radius 3 is 1.69 bits per heavy atom. The third kappa shape index (κ3) is 3.72. The molecule has 1 N–H and O–H groups in total. The van der Waals surface area contributed by atoms with Crippen LogP contribution in [-0.2, 0) is 0 Å². The van der Waals surface area contributed by atoms with E-state index in [-0.39, 0.29) is 0 Å². The van der Waals surface area contributed by atoms with E-state index in [0.29, 0.717) is 0 Å². The average molecular weight is 415 g/mol. The van der Waals surface area contributed by atoms with Gasteiger partial charge in [0.1, 0.15) is 0 Å². The van der Waals surface area contributed by atoms with Crippen LogP contribution in [0.25, 0.3) is 22.0 Å². The molecule has 0 saturated heterocycles. The van der Waals surface area contributed by atoms with Gasteiger partial charge in [-0.25, -0.2) is 0 Å². The van der Waals surface area contributed by atoms with Gasteiger partial charge in [0, 0.05) is 42.4 Å². The van der Waals surface area contributed by atoms with Gasteiger partial charge in [0.05, 0.1) is 0 Å². The Morgan fingerprint density at radius 2 is 1.09 bits per heavy atom. The highest BCUT2D eigenvalue weighted by Crippen LogP contribution is 2.39. The molecule has 0 aliphatic heterocycles. The summed E-state index contributed by atoms with van der Waals surface area (Å²) in [5.41, 5.74) is 9.60. The van der Waals surface area contributed by atoms with Gasteiger partial charge >= 0.3 is 0 Å². The van der Waals surface area contributed by atoms with Gasteiger partial charge in [0.15, 0.2) is 0 Å². The quantitative estimate of drug-likeness (QED) is 0.300. The number of benzene rings is 4. The molecular formula is C30H26N2. The van der Waals surface area contributed by atoms with E-state index in [0.717, 1.165) is 5.52 Å². The van der Waals surface area contributed by atoms with Crippen molar-refractivity contribution in [2.45, 2.75) is 0 Å². The molecule has 0 bridgehead atoms. The molecule has 0 spiro atoms. The zero-order valence-corrected chi connectivity index (χ0v) is 18.4. The summed E-state index contributed by atoms with van der Waals surface area (Å²) in [6.07, 6.45) is 2.14. The van der Waals surface area contributed by atoms with Gasteiger partial charge in [-0.2, -0.15) is 0 Å². The number of hydrogen-bond acceptors (Lipinski definition) is 1. The van der Waals surface area contributed by atoms with E-state index < -0.39 is 0 Å². The normalized spacial score (nSPS) is 10.8. The molecule has 5 rings (SSSR count). The molecule has 0 unspecified atom stereocenters. The topological polar surface area (TPSA) is 19.0 Å². The number of nitrogens with one attached hydrogen (secondary N) is 1. The second-order valence-corrected chi connectivity index (χ2v) is 8.17. The Bertz CT molecular complexity index is 1320. The van der Waals surface area contributed by atoms with Crippen LogP contribution in [0.5, 0.6) is 0 Å². The first-order valence-corrected chi connectivity index (χ1v) is 10.9. The van der Waals surface area contributed by atoms with Crippen molar-refractivity contribution in [3.05, 3.63) is 138 Å². The highest BCUT2D eigenvalue weighted by atomic mass is 15.1. The van der Waals surface area contributed by atoms with Gasteiger partial charge in [-0.05, 0) is 46.0 Å². The highest BCUT2D eigenvalue weighted by molar-refractivity contribution is 6.09. The minimum absolute atomic E-state index is 1.14. The molecular weight excluding hydrogens is 388 g/mol. The summed E-state index contributed by atoms with van der Waals surface area (Å²) in [6.45, 7) is 0. The Kier molecular flexibility index (Phi) is 5.35. The molecule has 0 aliphatic rings. The molecule has 0 aliphatic carbocycles. The van der Waals surface area contributed by atoms with E-state index in [1.165, 1.54) is 44.5 Å². The first-order chi connectivity index (χ1) is 15.7. The highest BCUT2D eigenvalue weighted by Gasteiger charge is 2.19. The summed E-state index contributed by atoms with van der Waals surface area (Å²) < 4.78 is 0. The molecule has 0 saturated carbocycles. The standard InChI is InChI=1S/C30H26N2/c1-32(2)25-19-17-24(18-20-25)30(27-21-31-28-16-10-9-15-26(27)28)29(22-11-5-3-6-12-22)23-13-7-4-8-14-23/h3-21,31H,1-2H3. The second-order valence-electron chi connectivity index (χ2n) is 8.17. The number of aromatic nitrogens is 1. The number of nitrogens with zero attached hydrogens (tertiary/aromatic N) is 1. The second kappa shape index (κ2) is 8.60. The predicted molar refractivity (Wildman–Crippen MR) is 137 cm³/mol. The first-order valence-electron chi connectivity index (χ1n) is 10.9. The molecule has 32 heavy (non-hydrogen) atoms. The molecule has 0 radical (unpaired) electrons. The zero-order chi connectivity index (χ0) is 21.9. The summed E-state index contributed by atoms with van der Waals surface area (Å²) in [4.78, 5) is 5.62. The molecule has 2 heteroatoms. The average Bonchev–Trinajstić information content (AvgIpc) is 3.27. The van der Waals surface area contributed by atoms with Gasteiger partial charge in [-0.15, -0.1) is 0 Å². The monoisotopic (exact) mass is 414 g/mol. The predicted octanol–water partition coefficient (Wildman–Crippen LogP) is 7.24. The zero-order valence-electron chi connectivity index (χ0n) is 18.4. The van der Waals surface area contributed by atoms with E-state index in [4.69, 9.17) is 0 Å². The van der Waals surface area contributed by atoms with Crippen LogP contribution >= 0.6 is 0 Å². The van der Waals surface area contributed by atoms with Crippen molar-refractivity contribution in [2.24, 2.45) is 0 Å². The molecule has 1 aromatic heterocycles. The fourth-order valence-corrected chi connectivity index (χ4v) is 4.30. The van der Waals surface area contributed by atoms with Gasteiger partial charge < -0.3 is 9.88 Å². The Morgan fingerprint density at radius 1 is 0.562 bits per heavy atom. The van der Waals surface area contributed by atoms with Crippen molar-refractivity contribution in [2.75, 3.05) is 19.0 Å². The molecule has 0 amide bonds. The fourth-order valence-electron chi connectivity index (χ4n) is 4.30. The molecule has 4 aromatic carbocycles. The van der Waals surface area contributed by atoms with Crippen molar-refractivity contribution >= 4 is 27.7 Å².